The monoisotopic (exact) mass is 287 g/mol. The number of aryl methyl sites for hydroxylation is 1. The van der Waals surface area contributed by atoms with Crippen molar-refractivity contribution in [3.63, 3.8) is 0 Å². The molecule has 1 aromatic carbocycles. The number of carbonyl (C=O) groups is 1. The third kappa shape index (κ3) is 2.30. The second kappa shape index (κ2) is 5.84. The Hall–Kier alpha value is -2.20. The lowest BCUT2D eigenvalue weighted by Crippen LogP contribution is -2.08. The number of fused-ring (bicyclic) bond motifs is 1. The van der Waals surface area contributed by atoms with Gasteiger partial charge in [-0.2, -0.15) is 0 Å². The van der Waals surface area contributed by atoms with Crippen molar-refractivity contribution >= 4 is 24.0 Å². The van der Waals surface area contributed by atoms with Crippen molar-refractivity contribution in [3.8, 4) is 0 Å². The molecule has 0 fully saturated rings. The lowest BCUT2D eigenvalue weighted by atomic mass is 10.1. The fourth-order valence-electron chi connectivity index (χ4n) is 2.15. The molecule has 0 amide bonds. The van der Waals surface area contributed by atoms with E-state index in [2.05, 4.69) is 9.97 Å². The van der Waals surface area contributed by atoms with E-state index in [1.165, 1.54) is 0 Å². The van der Waals surface area contributed by atoms with Crippen molar-refractivity contribution in [2.75, 3.05) is 0 Å². The molecule has 2 heterocycles. The predicted octanol–water partition coefficient (Wildman–Crippen LogP) is 2.94. The fraction of sp³-hybridized carbons (Fsp3) is 0.133. The van der Waals surface area contributed by atoms with Crippen LogP contribution in [0.15, 0.2) is 48.8 Å². The number of imidazole rings is 1. The van der Waals surface area contributed by atoms with Crippen LogP contribution in [-0.4, -0.2) is 20.2 Å². The molecule has 0 N–H and O–H groups in total. The van der Waals surface area contributed by atoms with Crippen LogP contribution < -0.4 is 0 Å². The summed E-state index contributed by atoms with van der Waals surface area (Å²) in [6.07, 6.45) is 4.21. The molecule has 0 radical (unpaired) electrons. The van der Waals surface area contributed by atoms with E-state index in [1.54, 1.807) is 16.7 Å². The van der Waals surface area contributed by atoms with Gasteiger partial charge in [0.2, 0.25) is 11.6 Å². The summed E-state index contributed by atoms with van der Waals surface area (Å²) in [4.78, 5) is 21.2. The normalized spacial score (nSPS) is 10.2. The molecule has 0 aliphatic carbocycles. The number of carbonyl (C=O) groups excluding carboxylic acids is 1. The van der Waals surface area contributed by atoms with E-state index < -0.39 is 0 Å². The maximum Gasteiger partial charge on any atom is 0.234 e. The largest absolute Gasteiger partial charge is 0.287 e. The molecule has 102 valence electrons. The number of ketones is 1. The van der Waals surface area contributed by atoms with Crippen LogP contribution in [0.25, 0.3) is 5.78 Å². The molecule has 5 heteroatoms. The molecule has 0 bridgehead atoms. The molecule has 3 aromatic rings. The molecule has 0 aliphatic heterocycles. The number of hydrogen-bond donors (Lipinski definition) is 0. The molecular weight excluding hydrogens is 274 g/mol. The van der Waals surface area contributed by atoms with Crippen LogP contribution in [0.5, 0.6) is 0 Å². The molecule has 2 aromatic heterocycles. The minimum atomic E-state index is -0.0158. The molecular formula is C15H14ClN3O. The molecule has 0 aliphatic rings. The summed E-state index contributed by atoms with van der Waals surface area (Å²) in [6.45, 7) is 1.99. The van der Waals surface area contributed by atoms with E-state index >= 15 is 0 Å². The van der Waals surface area contributed by atoms with Crippen molar-refractivity contribution in [1.82, 2.24) is 14.4 Å². The van der Waals surface area contributed by atoms with Gasteiger partial charge in [0.25, 0.3) is 0 Å². The van der Waals surface area contributed by atoms with Crippen LogP contribution in [0.2, 0.25) is 0 Å². The van der Waals surface area contributed by atoms with Crippen LogP contribution in [0.3, 0.4) is 0 Å². The van der Waals surface area contributed by atoms with Gasteiger partial charge in [0.15, 0.2) is 0 Å². The van der Waals surface area contributed by atoms with E-state index in [9.17, 15) is 4.79 Å². The second-order valence-corrected chi connectivity index (χ2v) is 4.25. The maximum atomic E-state index is 12.6. The van der Waals surface area contributed by atoms with E-state index in [1.807, 2.05) is 43.5 Å². The van der Waals surface area contributed by atoms with Gasteiger partial charge >= 0.3 is 0 Å². The number of hydrogen-bond acceptors (Lipinski definition) is 3. The third-order valence-corrected chi connectivity index (χ3v) is 3.06. The number of nitrogens with zero attached hydrogens (tertiary/aromatic N) is 3. The minimum Gasteiger partial charge on any atom is -0.287 e. The third-order valence-electron chi connectivity index (χ3n) is 3.06. The van der Waals surface area contributed by atoms with Gasteiger partial charge in [0.05, 0.1) is 5.69 Å². The summed E-state index contributed by atoms with van der Waals surface area (Å²) in [5.41, 5.74) is 2.06. The minimum absolute atomic E-state index is 0. The Kier molecular flexibility index (Phi) is 4.15. The molecule has 3 rings (SSSR count). The van der Waals surface area contributed by atoms with E-state index in [-0.39, 0.29) is 18.2 Å². The highest BCUT2D eigenvalue weighted by Gasteiger charge is 2.19. The number of benzene rings is 1. The average Bonchev–Trinajstić information content (AvgIpc) is 2.86. The van der Waals surface area contributed by atoms with Crippen molar-refractivity contribution in [3.05, 3.63) is 65.7 Å². The molecule has 0 saturated carbocycles. The Morgan fingerprint density at radius 3 is 2.65 bits per heavy atom. The summed E-state index contributed by atoms with van der Waals surface area (Å²) in [7, 11) is 0. The van der Waals surface area contributed by atoms with Gasteiger partial charge < -0.3 is 0 Å². The molecule has 20 heavy (non-hydrogen) atoms. The zero-order valence-electron chi connectivity index (χ0n) is 11.0. The highest BCUT2D eigenvalue weighted by molar-refractivity contribution is 6.09. The maximum absolute atomic E-state index is 12.6. The van der Waals surface area contributed by atoms with E-state index in [0.717, 1.165) is 5.69 Å². The first-order chi connectivity index (χ1) is 9.31. The Balaban J connectivity index is 0.00000147. The molecule has 0 saturated heterocycles. The van der Waals surface area contributed by atoms with Gasteiger partial charge in [-0.15, -0.1) is 12.4 Å². The summed E-state index contributed by atoms with van der Waals surface area (Å²) < 4.78 is 1.76. The first-order valence-corrected chi connectivity index (χ1v) is 6.23. The number of rotatable bonds is 3. The lowest BCUT2D eigenvalue weighted by Gasteiger charge is -2.02. The summed E-state index contributed by atoms with van der Waals surface area (Å²) in [5.74, 6) is 0.552. The topological polar surface area (TPSA) is 47.3 Å². The van der Waals surface area contributed by atoms with Gasteiger partial charge in [0, 0.05) is 18.0 Å². The second-order valence-electron chi connectivity index (χ2n) is 4.25. The van der Waals surface area contributed by atoms with Crippen LogP contribution in [-0.2, 0) is 6.42 Å². The lowest BCUT2D eigenvalue weighted by molar-refractivity contribution is 0.103. The average molecular weight is 288 g/mol. The number of aromatic nitrogens is 3. The van der Waals surface area contributed by atoms with Gasteiger partial charge in [-0.1, -0.05) is 37.3 Å². The summed E-state index contributed by atoms with van der Waals surface area (Å²) in [5, 5.41) is 0. The zero-order valence-corrected chi connectivity index (χ0v) is 11.8. The summed E-state index contributed by atoms with van der Waals surface area (Å²) >= 11 is 0. The van der Waals surface area contributed by atoms with Gasteiger partial charge in [-0.3, -0.25) is 9.20 Å². The van der Waals surface area contributed by atoms with E-state index in [0.29, 0.717) is 23.5 Å². The standard InChI is InChI=1S/C15H13N3O.ClH/c1-2-12-13(14(19)11-7-4-3-5-8-11)18-10-6-9-16-15(18)17-12;/h3-10H,2H2,1H3;1H. The van der Waals surface area contributed by atoms with Gasteiger partial charge in [0.1, 0.15) is 5.69 Å². The van der Waals surface area contributed by atoms with Crippen molar-refractivity contribution < 1.29 is 4.79 Å². The van der Waals surface area contributed by atoms with Gasteiger partial charge in [-0.25, -0.2) is 9.97 Å². The Bertz CT molecular complexity index is 737. The number of halogens is 1. The van der Waals surface area contributed by atoms with Crippen LogP contribution >= 0.6 is 12.4 Å². The Morgan fingerprint density at radius 2 is 1.95 bits per heavy atom. The van der Waals surface area contributed by atoms with E-state index in [4.69, 9.17) is 0 Å². The highest BCUT2D eigenvalue weighted by atomic mass is 35.5. The Morgan fingerprint density at radius 1 is 1.20 bits per heavy atom. The summed E-state index contributed by atoms with van der Waals surface area (Å²) in [6, 6.07) is 11.1. The van der Waals surface area contributed by atoms with Crippen LogP contribution in [0.1, 0.15) is 28.7 Å². The fourth-order valence-corrected chi connectivity index (χ4v) is 2.15. The molecule has 0 spiro atoms. The van der Waals surface area contributed by atoms with Crippen molar-refractivity contribution in [2.24, 2.45) is 0 Å². The first kappa shape index (κ1) is 14.2. The SMILES string of the molecule is CCc1nc2ncccn2c1C(=O)c1ccccc1.Cl. The first-order valence-electron chi connectivity index (χ1n) is 6.23. The van der Waals surface area contributed by atoms with Crippen LogP contribution in [0.4, 0.5) is 0 Å². The molecule has 4 nitrogen and oxygen atoms in total. The smallest absolute Gasteiger partial charge is 0.234 e. The van der Waals surface area contributed by atoms with Gasteiger partial charge in [-0.05, 0) is 12.5 Å². The van der Waals surface area contributed by atoms with Crippen molar-refractivity contribution in [2.45, 2.75) is 13.3 Å². The molecule has 0 atom stereocenters. The van der Waals surface area contributed by atoms with Crippen molar-refractivity contribution in [1.29, 1.82) is 0 Å². The molecule has 0 unspecified atom stereocenters. The Labute approximate surface area is 122 Å². The quantitative estimate of drug-likeness (QED) is 0.696. The van der Waals surface area contributed by atoms with Crippen LogP contribution in [0, 0.1) is 0 Å². The highest BCUT2D eigenvalue weighted by Crippen LogP contribution is 2.16. The zero-order chi connectivity index (χ0) is 13.2. The predicted molar refractivity (Wildman–Crippen MR) is 79.5 cm³/mol.